The van der Waals surface area contributed by atoms with Crippen molar-refractivity contribution in [3.8, 4) is 11.5 Å². The van der Waals surface area contributed by atoms with Crippen LogP contribution in [0.3, 0.4) is 0 Å². The monoisotopic (exact) mass is 436 g/mol. The first-order valence-corrected chi connectivity index (χ1v) is 10.4. The molecule has 1 aliphatic rings. The summed E-state index contributed by atoms with van der Waals surface area (Å²) in [6.45, 7) is 0.0646. The second-order valence-corrected chi connectivity index (χ2v) is 8.81. The number of amides is 1. The van der Waals surface area contributed by atoms with Crippen molar-refractivity contribution >= 4 is 38.9 Å². The number of ether oxygens (including phenoxy) is 2. The highest BCUT2D eigenvalue weighted by atomic mass is 32.2. The number of para-hydroxylation sites is 2. The van der Waals surface area contributed by atoms with E-state index in [0.717, 1.165) is 4.31 Å². The van der Waals surface area contributed by atoms with Gasteiger partial charge in [-0.15, -0.1) is 0 Å². The van der Waals surface area contributed by atoms with Gasteiger partial charge in [-0.05, 0) is 42.5 Å². The number of carbonyl (C=O) groups is 1. The van der Waals surface area contributed by atoms with Gasteiger partial charge >= 0.3 is 0 Å². The van der Waals surface area contributed by atoms with E-state index in [1.54, 1.807) is 30.3 Å². The van der Waals surface area contributed by atoms with E-state index < -0.39 is 22.0 Å². The number of hydrazine groups is 1. The molecule has 29 heavy (non-hydrogen) atoms. The topological polar surface area (TPSA) is 109 Å². The number of nitrogens with one attached hydrogen (secondary N) is 3. The zero-order chi connectivity index (χ0) is 21.0. The zero-order valence-corrected chi connectivity index (χ0v) is 17.3. The quantitative estimate of drug-likeness (QED) is 0.483. The van der Waals surface area contributed by atoms with Gasteiger partial charge in [-0.2, -0.15) is 0 Å². The maximum atomic E-state index is 12.3. The van der Waals surface area contributed by atoms with E-state index >= 15 is 0 Å². The molecule has 3 N–H and O–H groups in total. The summed E-state index contributed by atoms with van der Waals surface area (Å²) in [7, 11) is -0.668. The van der Waals surface area contributed by atoms with Crippen LogP contribution in [0, 0.1) is 0 Å². The van der Waals surface area contributed by atoms with E-state index in [-0.39, 0.29) is 16.6 Å². The van der Waals surface area contributed by atoms with Crippen LogP contribution in [0.5, 0.6) is 11.5 Å². The van der Waals surface area contributed by atoms with Gasteiger partial charge < -0.3 is 14.8 Å². The summed E-state index contributed by atoms with van der Waals surface area (Å²) in [6, 6.07) is 13.2. The number of hydrogen-bond acceptors (Lipinski definition) is 6. The summed E-state index contributed by atoms with van der Waals surface area (Å²) in [6.07, 6.45) is -0.839. The van der Waals surface area contributed by atoms with Gasteiger partial charge in [-0.1, -0.05) is 18.2 Å². The Morgan fingerprint density at radius 2 is 1.83 bits per heavy atom. The lowest BCUT2D eigenvalue weighted by Crippen LogP contribution is -2.51. The lowest BCUT2D eigenvalue weighted by molar-refractivity contribution is -0.130. The Hall–Kier alpha value is -2.89. The molecule has 0 aliphatic carbocycles. The summed E-state index contributed by atoms with van der Waals surface area (Å²) in [5.41, 5.74) is 5.45. The summed E-state index contributed by atoms with van der Waals surface area (Å²) in [4.78, 5) is 12.4. The van der Waals surface area contributed by atoms with E-state index in [0.29, 0.717) is 17.2 Å². The summed E-state index contributed by atoms with van der Waals surface area (Å²) in [5, 5.41) is 2.90. The molecule has 9 nitrogen and oxygen atoms in total. The first-order chi connectivity index (χ1) is 13.8. The first kappa shape index (κ1) is 20.8. The van der Waals surface area contributed by atoms with Crippen LogP contribution in [-0.2, 0) is 14.8 Å². The molecule has 2 aromatic carbocycles. The number of nitrogens with zero attached hydrogens (tertiary/aromatic N) is 1. The number of fused-ring (bicyclic) bond motifs is 1. The number of sulfonamides is 1. The lowest BCUT2D eigenvalue weighted by Gasteiger charge is -2.25. The molecule has 1 atom stereocenters. The molecule has 1 amide bonds. The minimum absolute atomic E-state index is 0.0646. The van der Waals surface area contributed by atoms with Crippen molar-refractivity contribution < 1.29 is 22.7 Å². The molecule has 11 heteroatoms. The SMILES string of the molecule is CN(C)S(=O)(=O)c1cccc(NC(=S)NNC(=O)[C@@H]2COc3ccccc3O2)c1. The van der Waals surface area contributed by atoms with Gasteiger partial charge in [0.2, 0.25) is 16.1 Å². The van der Waals surface area contributed by atoms with E-state index in [2.05, 4.69) is 16.2 Å². The van der Waals surface area contributed by atoms with E-state index in [9.17, 15) is 13.2 Å². The van der Waals surface area contributed by atoms with Crippen molar-refractivity contribution in [3.63, 3.8) is 0 Å². The van der Waals surface area contributed by atoms with Crippen LogP contribution in [0.1, 0.15) is 0 Å². The van der Waals surface area contributed by atoms with Crippen LogP contribution in [0.25, 0.3) is 0 Å². The standard InChI is InChI=1S/C18H20N4O5S2/c1-22(2)29(24,25)13-7-5-6-12(10-13)19-18(28)21-20-17(23)16-11-26-14-8-3-4-9-15(14)27-16/h3-10,16H,11H2,1-2H3,(H,20,23)(H2,19,21,28)/t16-/m0/s1. The van der Waals surface area contributed by atoms with E-state index in [4.69, 9.17) is 21.7 Å². The largest absolute Gasteiger partial charge is 0.485 e. The first-order valence-electron chi connectivity index (χ1n) is 8.55. The summed E-state index contributed by atoms with van der Waals surface area (Å²) < 4.78 is 36.7. The third-order valence-electron chi connectivity index (χ3n) is 3.97. The highest BCUT2D eigenvalue weighted by Crippen LogP contribution is 2.30. The smallest absolute Gasteiger partial charge is 0.283 e. The number of anilines is 1. The molecular weight excluding hydrogens is 416 g/mol. The molecule has 0 radical (unpaired) electrons. The number of thiocarbonyl (C=S) groups is 1. The van der Waals surface area contributed by atoms with Crippen LogP contribution in [-0.4, -0.2) is 50.5 Å². The van der Waals surface area contributed by atoms with Crippen LogP contribution >= 0.6 is 12.2 Å². The molecule has 0 saturated heterocycles. The molecule has 0 bridgehead atoms. The van der Waals surface area contributed by atoms with Crippen LogP contribution in [0.4, 0.5) is 5.69 Å². The van der Waals surface area contributed by atoms with Gasteiger partial charge in [0.05, 0.1) is 4.90 Å². The fourth-order valence-electron chi connectivity index (χ4n) is 2.46. The van der Waals surface area contributed by atoms with Crippen molar-refractivity contribution in [2.75, 3.05) is 26.0 Å². The molecule has 1 heterocycles. The predicted molar refractivity (Wildman–Crippen MR) is 111 cm³/mol. The second-order valence-electron chi connectivity index (χ2n) is 6.25. The van der Waals surface area contributed by atoms with Crippen molar-refractivity contribution in [1.82, 2.24) is 15.2 Å². The fraction of sp³-hybridized carbons (Fsp3) is 0.222. The second kappa shape index (κ2) is 8.64. The molecule has 0 unspecified atom stereocenters. The molecular formula is C18H20N4O5S2. The molecule has 1 aliphatic heterocycles. The molecule has 0 aromatic heterocycles. The Kier molecular flexibility index (Phi) is 6.20. The van der Waals surface area contributed by atoms with Crippen molar-refractivity contribution in [2.24, 2.45) is 0 Å². The van der Waals surface area contributed by atoms with Gasteiger partial charge in [-0.25, -0.2) is 12.7 Å². The number of benzene rings is 2. The van der Waals surface area contributed by atoms with Gasteiger partial charge in [0.25, 0.3) is 5.91 Å². The molecule has 0 saturated carbocycles. The van der Waals surface area contributed by atoms with E-state index in [1.807, 2.05) is 6.07 Å². The maximum absolute atomic E-state index is 12.3. The maximum Gasteiger partial charge on any atom is 0.283 e. The van der Waals surface area contributed by atoms with Crippen molar-refractivity contribution in [3.05, 3.63) is 48.5 Å². The Bertz CT molecular complexity index is 1030. The average molecular weight is 437 g/mol. The predicted octanol–water partition coefficient (Wildman–Crippen LogP) is 1.09. The Morgan fingerprint density at radius 1 is 1.10 bits per heavy atom. The highest BCUT2D eigenvalue weighted by molar-refractivity contribution is 7.89. The third-order valence-corrected chi connectivity index (χ3v) is 5.99. The Balaban J connectivity index is 1.55. The van der Waals surface area contributed by atoms with Gasteiger partial charge in [0, 0.05) is 19.8 Å². The van der Waals surface area contributed by atoms with Gasteiger partial charge in [-0.3, -0.25) is 15.6 Å². The zero-order valence-electron chi connectivity index (χ0n) is 15.7. The normalized spacial score (nSPS) is 15.5. The number of hydrogen-bond donors (Lipinski definition) is 3. The minimum Gasteiger partial charge on any atom is -0.485 e. The van der Waals surface area contributed by atoms with Crippen molar-refractivity contribution in [1.29, 1.82) is 0 Å². The average Bonchev–Trinajstić information content (AvgIpc) is 2.71. The highest BCUT2D eigenvalue weighted by Gasteiger charge is 2.27. The van der Waals surface area contributed by atoms with E-state index in [1.165, 1.54) is 26.2 Å². The number of carbonyl (C=O) groups excluding carboxylic acids is 1. The molecule has 3 rings (SSSR count). The summed E-state index contributed by atoms with van der Waals surface area (Å²) in [5.74, 6) is 0.598. The Labute approximate surface area is 174 Å². The molecule has 0 fully saturated rings. The molecule has 2 aromatic rings. The number of rotatable bonds is 4. The van der Waals surface area contributed by atoms with Crippen LogP contribution in [0.2, 0.25) is 0 Å². The van der Waals surface area contributed by atoms with Crippen molar-refractivity contribution in [2.45, 2.75) is 11.0 Å². The molecule has 0 spiro atoms. The lowest BCUT2D eigenvalue weighted by atomic mass is 10.2. The third kappa shape index (κ3) is 4.94. The van der Waals surface area contributed by atoms with Gasteiger partial charge in [0.1, 0.15) is 6.61 Å². The fourth-order valence-corrected chi connectivity index (χ4v) is 3.57. The molecule has 154 valence electrons. The summed E-state index contributed by atoms with van der Waals surface area (Å²) >= 11 is 5.14. The Morgan fingerprint density at radius 3 is 2.55 bits per heavy atom. The van der Waals surface area contributed by atoms with Crippen LogP contribution < -0.4 is 25.6 Å². The minimum atomic E-state index is -3.57. The van der Waals surface area contributed by atoms with Gasteiger partial charge in [0.15, 0.2) is 16.6 Å². The van der Waals surface area contributed by atoms with Crippen LogP contribution in [0.15, 0.2) is 53.4 Å².